The first kappa shape index (κ1) is 14.1. The van der Waals surface area contributed by atoms with Gasteiger partial charge in [0.25, 0.3) is 5.69 Å². The smallest absolute Gasteiger partial charge is 0.409 e. The van der Waals surface area contributed by atoms with E-state index < -0.39 is 23.9 Å². The van der Waals surface area contributed by atoms with Crippen molar-refractivity contribution in [3.8, 4) is 0 Å². The van der Waals surface area contributed by atoms with Gasteiger partial charge in [0, 0.05) is 24.2 Å². The molecule has 1 aromatic rings. The van der Waals surface area contributed by atoms with Crippen molar-refractivity contribution in [1.82, 2.24) is 4.90 Å². The number of rotatable bonds is 3. The van der Waals surface area contributed by atoms with E-state index >= 15 is 0 Å². The van der Waals surface area contributed by atoms with E-state index in [4.69, 9.17) is 5.11 Å². The van der Waals surface area contributed by atoms with E-state index in [9.17, 15) is 23.7 Å². The van der Waals surface area contributed by atoms with Crippen LogP contribution in [0.5, 0.6) is 0 Å². The molecular weight excluding hydrogens is 278 g/mol. The normalized spacial score (nSPS) is 17.9. The van der Waals surface area contributed by atoms with Gasteiger partial charge in [-0.05, 0) is 12.0 Å². The second-order valence-corrected chi connectivity index (χ2v) is 4.12. The third-order valence-electron chi connectivity index (χ3n) is 2.99. The summed E-state index contributed by atoms with van der Waals surface area (Å²) in [7, 11) is 0. The summed E-state index contributed by atoms with van der Waals surface area (Å²) in [6.07, 6.45) is -2.69. The third kappa shape index (κ3) is 2.67. The highest BCUT2D eigenvalue weighted by Gasteiger charge is 2.34. The van der Waals surface area contributed by atoms with Crippen LogP contribution in [-0.2, 0) is 11.2 Å². The minimum absolute atomic E-state index is 0.0163. The van der Waals surface area contributed by atoms with Gasteiger partial charge in [-0.3, -0.25) is 19.8 Å². The molecule has 0 bridgehead atoms. The number of fused-ring (bicyclic) bond motifs is 1. The molecule has 1 unspecified atom stereocenters. The largest absolute Gasteiger partial charge is 0.465 e. The van der Waals surface area contributed by atoms with E-state index in [0.717, 1.165) is 6.07 Å². The number of hydrogen-bond donors (Lipinski definition) is 1. The minimum atomic E-state index is -3.19. The van der Waals surface area contributed by atoms with Gasteiger partial charge < -0.3 is 5.11 Å². The van der Waals surface area contributed by atoms with Crippen molar-refractivity contribution in [3.05, 3.63) is 39.4 Å². The topological polar surface area (TPSA) is 92.9 Å². The average Bonchev–Trinajstić information content (AvgIpc) is 2.37. The highest BCUT2D eigenvalue weighted by atomic mass is 19.3. The maximum atomic E-state index is 12.4. The molecule has 0 aliphatic carbocycles. The maximum Gasteiger partial charge on any atom is 0.409 e. The van der Waals surface area contributed by atoms with Crippen molar-refractivity contribution in [2.75, 3.05) is 6.54 Å². The fourth-order valence-corrected chi connectivity index (χ4v) is 2.12. The lowest BCUT2D eigenvalue weighted by atomic mass is 9.97. The Hall–Kier alpha value is -2.29. The number of halogens is 2. The SMILES string of the molecule is O=C(O)N1CCc2ccc([N+](=O)[O-])cc2C1OC(F)F. The van der Waals surface area contributed by atoms with Gasteiger partial charge in [0.1, 0.15) is 0 Å². The number of nitro benzene ring substituents is 1. The van der Waals surface area contributed by atoms with Gasteiger partial charge in [-0.1, -0.05) is 6.07 Å². The van der Waals surface area contributed by atoms with Gasteiger partial charge in [-0.15, -0.1) is 0 Å². The molecule has 1 N–H and O–H groups in total. The zero-order valence-corrected chi connectivity index (χ0v) is 10.0. The standard InChI is InChI=1S/C11H10F2N2O5/c12-10(13)20-9-8-5-7(15(18)19)2-1-6(8)3-4-14(9)11(16)17/h1-2,5,9-10H,3-4H2,(H,16,17). The molecule has 1 aliphatic heterocycles. The zero-order chi connectivity index (χ0) is 14.9. The molecular formula is C11H10F2N2O5. The van der Waals surface area contributed by atoms with Crippen LogP contribution < -0.4 is 0 Å². The third-order valence-corrected chi connectivity index (χ3v) is 2.99. The number of benzene rings is 1. The van der Waals surface area contributed by atoms with Crippen molar-refractivity contribution < 1.29 is 28.3 Å². The second kappa shape index (κ2) is 5.37. The summed E-state index contributed by atoms with van der Waals surface area (Å²) in [6.45, 7) is -3.20. The number of non-ortho nitro benzene ring substituents is 1. The van der Waals surface area contributed by atoms with E-state index in [-0.39, 0.29) is 24.2 Å². The van der Waals surface area contributed by atoms with Gasteiger partial charge in [0.2, 0.25) is 0 Å². The molecule has 1 aromatic carbocycles. The molecule has 9 heteroatoms. The lowest BCUT2D eigenvalue weighted by Gasteiger charge is -2.34. The van der Waals surface area contributed by atoms with Crippen molar-refractivity contribution >= 4 is 11.8 Å². The van der Waals surface area contributed by atoms with E-state index in [1.807, 2.05) is 0 Å². The molecule has 1 heterocycles. The quantitative estimate of drug-likeness (QED) is 0.680. The maximum absolute atomic E-state index is 12.4. The van der Waals surface area contributed by atoms with Crippen molar-refractivity contribution in [2.45, 2.75) is 19.3 Å². The van der Waals surface area contributed by atoms with Gasteiger partial charge in [-0.25, -0.2) is 4.79 Å². The Morgan fingerprint density at radius 3 is 2.80 bits per heavy atom. The van der Waals surface area contributed by atoms with Crippen LogP contribution >= 0.6 is 0 Å². The Morgan fingerprint density at radius 1 is 1.55 bits per heavy atom. The van der Waals surface area contributed by atoms with Crippen LogP contribution in [0.15, 0.2) is 18.2 Å². The molecule has 7 nitrogen and oxygen atoms in total. The van der Waals surface area contributed by atoms with Crippen LogP contribution in [0.1, 0.15) is 17.4 Å². The number of nitrogens with zero attached hydrogens (tertiary/aromatic N) is 2. The van der Waals surface area contributed by atoms with Crippen molar-refractivity contribution in [2.24, 2.45) is 0 Å². The summed E-state index contributed by atoms with van der Waals surface area (Å²) >= 11 is 0. The summed E-state index contributed by atoms with van der Waals surface area (Å²) in [5, 5.41) is 19.7. The van der Waals surface area contributed by atoms with Gasteiger partial charge >= 0.3 is 12.7 Å². The molecule has 1 amide bonds. The summed E-state index contributed by atoms with van der Waals surface area (Å²) in [5.74, 6) is 0. The Balaban J connectivity index is 2.46. The van der Waals surface area contributed by atoms with Crippen LogP contribution in [0, 0.1) is 10.1 Å². The van der Waals surface area contributed by atoms with Gasteiger partial charge in [-0.2, -0.15) is 8.78 Å². The first-order valence-corrected chi connectivity index (χ1v) is 5.60. The molecule has 0 saturated carbocycles. The summed E-state index contributed by atoms with van der Waals surface area (Å²) < 4.78 is 29.2. The lowest BCUT2D eigenvalue weighted by molar-refractivity contribution is -0.385. The molecule has 0 fully saturated rings. The Labute approximate surface area is 111 Å². The average molecular weight is 288 g/mol. The molecule has 2 rings (SSSR count). The van der Waals surface area contributed by atoms with Crippen LogP contribution in [-0.4, -0.2) is 34.2 Å². The number of carbonyl (C=O) groups is 1. The first-order chi connectivity index (χ1) is 9.40. The number of nitro groups is 1. The molecule has 0 saturated heterocycles. The van der Waals surface area contributed by atoms with Crippen LogP contribution in [0.2, 0.25) is 0 Å². The van der Waals surface area contributed by atoms with Crippen LogP contribution in [0.3, 0.4) is 0 Å². The highest BCUT2D eigenvalue weighted by molar-refractivity contribution is 5.66. The predicted octanol–water partition coefficient (Wildman–Crippen LogP) is 2.37. The fourth-order valence-electron chi connectivity index (χ4n) is 2.12. The van der Waals surface area contributed by atoms with Crippen molar-refractivity contribution in [1.29, 1.82) is 0 Å². The highest BCUT2D eigenvalue weighted by Crippen LogP contribution is 2.34. The zero-order valence-electron chi connectivity index (χ0n) is 10.0. The van der Waals surface area contributed by atoms with Crippen LogP contribution in [0.4, 0.5) is 19.3 Å². The summed E-state index contributed by atoms with van der Waals surface area (Å²) in [4.78, 5) is 21.8. The van der Waals surface area contributed by atoms with Crippen LogP contribution in [0.25, 0.3) is 0 Å². The monoisotopic (exact) mass is 288 g/mol. The number of hydrogen-bond acceptors (Lipinski definition) is 4. The molecule has 0 radical (unpaired) electrons. The van der Waals surface area contributed by atoms with E-state index in [1.165, 1.54) is 12.1 Å². The molecule has 108 valence electrons. The Bertz CT molecular complexity index is 552. The molecule has 0 aromatic heterocycles. The molecule has 0 spiro atoms. The Kier molecular flexibility index (Phi) is 3.79. The predicted molar refractivity (Wildman–Crippen MR) is 61.4 cm³/mol. The van der Waals surface area contributed by atoms with Crippen molar-refractivity contribution in [3.63, 3.8) is 0 Å². The van der Waals surface area contributed by atoms with E-state index in [0.29, 0.717) is 10.5 Å². The van der Waals surface area contributed by atoms with E-state index in [2.05, 4.69) is 4.74 Å². The lowest BCUT2D eigenvalue weighted by Crippen LogP contribution is -2.41. The van der Waals surface area contributed by atoms with Gasteiger partial charge in [0.15, 0.2) is 6.23 Å². The molecule has 1 aliphatic rings. The molecule has 20 heavy (non-hydrogen) atoms. The number of alkyl halides is 2. The minimum Gasteiger partial charge on any atom is -0.465 e. The van der Waals surface area contributed by atoms with E-state index in [1.54, 1.807) is 0 Å². The number of amides is 1. The van der Waals surface area contributed by atoms with Gasteiger partial charge in [0.05, 0.1) is 4.92 Å². The summed E-state index contributed by atoms with van der Waals surface area (Å²) in [5.41, 5.74) is 0.325. The molecule has 1 atom stereocenters. The summed E-state index contributed by atoms with van der Waals surface area (Å²) in [6, 6.07) is 3.74. The second-order valence-electron chi connectivity index (χ2n) is 4.12. The first-order valence-electron chi connectivity index (χ1n) is 5.60. The fraction of sp³-hybridized carbons (Fsp3) is 0.364. The number of carboxylic acid groups (broad SMARTS) is 1. The Morgan fingerprint density at radius 2 is 2.25 bits per heavy atom. The number of ether oxygens (including phenoxy) is 1.